The molecule has 0 aromatic rings. The summed E-state index contributed by atoms with van der Waals surface area (Å²) in [6.07, 6.45) is 1.46. The van der Waals surface area contributed by atoms with Crippen LogP contribution in [-0.2, 0) is 19.2 Å². The largest absolute Gasteiger partial charge is 0.480 e. The van der Waals surface area contributed by atoms with E-state index in [1.54, 1.807) is 13.8 Å². The molecule has 9 nitrogen and oxygen atoms in total. The van der Waals surface area contributed by atoms with Crippen molar-refractivity contribution in [3.63, 3.8) is 0 Å². The van der Waals surface area contributed by atoms with Crippen molar-refractivity contribution in [2.24, 2.45) is 11.7 Å². The van der Waals surface area contributed by atoms with E-state index in [1.807, 2.05) is 0 Å². The molecule has 1 aliphatic heterocycles. The minimum atomic E-state index is -1.16. The van der Waals surface area contributed by atoms with Crippen molar-refractivity contribution in [2.75, 3.05) is 6.54 Å². The molecule has 0 aromatic carbocycles. The van der Waals surface area contributed by atoms with Gasteiger partial charge in [0.2, 0.25) is 17.7 Å². The van der Waals surface area contributed by atoms with Crippen LogP contribution < -0.4 is 21.7 Å². The predicted molar refractivity (Wildman–Crippen MR) is 85.8 cm³/mol. The smallest absolute Gasteiger partial charge is 0.326 e. The van der Waals surface area contributed by atoms with Crippen LogP contribution in [0.3, 0.4) is 0 Å². The van der Waals surface area contributed by atoms with E-state index in [4.69, 9.17) is 10.8 Å². The molecule has 136 valence electrons. The highest BCUT2D eigenvalue weighted by atomic mass is 16.4. The van der Waals surface area contributed by atoms with Gasteiger partial charge in [-0.1, -0.05) is 13.8 Å². The van der Waals surface area contributed by atoms with Crippen LogP contribution in [0.25, 0.3) is 0 Å². The van der Waals surface area contributed by atoms with Gasteiger partial charge in [0.15, 0.2) is 0 Å². The van der Waals surface area contributed by atoms with E-state index in [0.717, 1.165) is 13.0 Å². The Hall–Kier alpha value is -2.16. The minimum Gasteiger partial charge on any atom is -0.480 e. The van der Waals surface area contributed by atoms with E-state index in [9.17, 15) is 19.2 Å². The summed E-state index contributed by atoms with van der Waals surface area (Å²) in [7, 11) is 0. The Balaban J connectivity index is 2.75. The Morgan fingerprint density at radius 3 is 2.38 bits per heavy atom. The van der Waals surface area contributed by atoms with Gasteiger partial charge in [0, 0.05) is 6.42 Å². The normalized spacial score (nSPS) is 19.5. The molecule has 0 spiro atoms. The fourth-order valence-corrected chi connectivity index (χ4v) is 2.50. The number of hydrogen-bond donors (Lipinski definition) is 5. The van der Waals surface area contributed by atoms with E-state index in [-0.39, 0.29) is 30.7 Å². The summed E-state index contributed by atoms with van der Waals surface area (Å²) in [6.45, 7) is 4.06. The molecule has 1 heterocycles. The van der Waals surface area contributed by atoms with Crippen LogP contribution in [0.2, 0.25) is 0 Å². The molecule has 1 rings (SSSR count). The van der Waals surface area contributed by atoms with E-state index < -0.39 is 29.9 Å². The first-order valence-corrected chi connectivity index (χ1v) is 8.07. The van der Waals surface area contributed by atoms with Gasteiger partial charge in [-0.15, -0.1) is 0 Å². The van der Waals surface area contributed by atoms with Crippen molar-refractivity contribution in [1.82, 2.24) is 16.0 Å². The second-order valence-electron chi connectivity index (χ2n) is 6.28. The third-order valence-electron chi connectivity index (χ3n) is 3.92. The number of rotatable bonds is 9. The Morgan fingerprint density at radius 2 is 1.92 bits per heavy atom. The zero-order chi connectivity index (χ0) is 18.3. The Labute approximate surface area is 140 Å². The van der Waals surface area contributed by atoms with Crippen molar-refractivity contribution < 1.29 is 24.3 Å². The number of carbonyl (C=O) groups excluding carboxylic acids is 3. The molecular weight excluding hydrogens is 316 g/mol. The topological polar surface area (TPSA) is 151 Å². The lowest BCUT2D eigenvalue weighted by molar-refractivity contribution is -0.143. The van der Waals surface area contributed by atoms with Gasteiger partial charge in [-0.2, -0.15) is 0 Å². The highest BCUT2D eigenvalue weighted by Crippen LogP contribution is 2.08. The standard InChI is InChI=1S/C15H26N4O5/c1-8(2)12(15(23)24)19-14(22)10(5-6-11(16)20)18-13(21)9-4-3-7-17-9/h8-10,12,17H,3-7H2,1-2H3,(H2,16,20)(H,18,21)(H,19,22)(H,23,24)/t9-,10-,12-/m0/s1. The first kappa shape index (κ1) is 19.9. The van der Waals surface area contributed by atoms with Gasteiger partial charge >= 0.3 is 5.97 Å². The summed E-state index contributed by atoms with van der Waals surface area (Å²) in [5.41, 5.74) is 5.10. The number of carboxylic acids is 1. The number of carbonyl (C=O) groups is 4. The molecule has 24 heavy (non-hydrogen) atoms. The number of aliphatic carboxylic acids is 1. The number of nitrogens with two attached hydrogens (primary N) is 1. The molecule has 6 N–H and O–H groups in total. The average molecular weight is 342 g/mol. The summed E-state index contributed by atoms with van der Waals surface area (Å²) in [5.74, 6) is -3.05. The molecule has 1 fully saturated rings. The number of hydrogen-bond acceptors (Lipinski definition) is 5. The van der Waals surface area contributed by atoms with Crippen LogP contribution in [0.4, 0.5) is 0 Å². The number of primary amides is 1. The molecule has 0 radical (unpaired) electrons. The van der Waals surface area contributed by atoms with Crippen LogP contribution in [0.1, 0.15) is 39.5 Å². The van der Waals surface area contributed by atoms with Crippen molar-refractivity contribution >= 4 is 23.7 Å². The molecule has 0 saturated carbocycles. The van der Waals surface area contributed by atoms with Gasteiger partial charge < -0.3 is 26.8 Å². The third-order valence-corrected chi connectivity index (χ3v) is 3.92. The Kier molecular flexibility index (Phi) is 7.63. The summed E-state index contributed by atoms with van der Waals surface area (Å²) < 4.78 is 0. The molecule has 3 amide bonds. The van der Waals surface area contributed by atoms with Crippen LogP contribution in [0.5, 0.6) is 0 Å². The lowest BCUT2D eigenvalue weighted by atomic mass is 10.0. The number of amides is 3. The van der Waals surface area contributed by atoms with Crippen molar-refractivity contribution in [3.8, 4) is 0 Å². The van der Waals surface area contributed by atoms with E-state index in [0.29, 0.717) is 6.42 Å². The molecule has 1 aliphatic rings. The summed E-state index contributed by atoms with van der Waals surface area (Å²) in [6, 6.07) is -2.46. The lowest BCUT2D eigenvalue weighted by Crippen LogP contribution is -2.55. The minimum absolute atomic E-state index is 0.0179. The number of carboxylic acid groups (broad SMARTS) is 1. The van der Waals surface area contributed by atoms with Crippen molar-refractivity contribution in [1.29, 1.82) is 0 Å². The second-order valence-corrected chi connectivity index (χ2v) is 6.28. The maximum absolute atomic E-state index is 12.4. The van der Waals surface area contributed by atoms with Gasteiger partial charge in [-0.25, -0.2) is 4.79 Å². The van der Waals surface area contributed by atoms with Crippen molar-refractivity contribution in [2.45, 2.75) is 57.7 Å². The highest BCUT2D eigenvalue weighted by molar-refractivity contribution is 5.92. The van der Waals surface area contributed by atoms with Gasteiger partial charge in [0.25, 0.3) is 0 Å². The Bertz CT molecular complexity index is 488. The molecule has 0 aliphatic carbocycles. The number of nitrogens with one attached hydrogen (secondary N) is 3. The summed E-state index contributed by atoms with van der Waals surface area (Å²) in [4.78, 5) is 46.7. The zero-order valence-corrected chi connectivity index (χ0v) is 14.0. The highest BCUT2D eigenvalue weighted by Gasteiger charge is 2.30. The van der Waals surface area contributed by atoms with Crippen LogP contribution in [0.15, 0.2) is 0 Å². The van der Waals surface area contributed by atoms with Gasteiger partial charge in [0.1, 0.15) is 12.1 Å². The summed E-state index contributed by atoms with van der Waals surface area (Å²) in [5, 5.41) is 17.2. The summed E-state index contributed by atoms with van der Waals surface area (Å²) >= 11 is 0. The SMILES string of the molecule is CC(C)[C@H](NC(=O)[C@H](CCC(N)=O)NC(=O)[C@@H]1CCCN1)C(=O)O. The fraction of sp³-hybridized carbons (Fsp3) is 0.733. The van der Waals surface area contributed by atoms with E-state index >= 15 is 0 Å². The molecule has 0 bridgehead atoms. The lowest BCUT2D eigenvalue weighted by Gasteiger charge is -2.24. The first-order valence-electron chi connectivity index (χ1n) is 8.07. The second kappa shape index (κ2) is 9.21. The third kappa shape index (κ3) is 6.15. The predicted octanol–water partition coefficient (Wildman–Crippen LogP) is -1.29. The van der Waals surface area contributed by atoms with Crippen molar-refractivity contribution in [3.05, 3.63) is 0 Å². The zero-order valence-electron chi connectivity index (χ0n) is 14.0. The van der Waals surface area contributed by atoms with Crippen LogP contribution in [0, 0.1) is 5.92 Å². The van der Waals surface area contributed by atoms with Gasteiger partial charge in [-0.3, -0.25) is 14.4 Å². The van der Waals surface area contributed by atoms with E-state index in [1.165, 1.54) is 0 Å². The molecule has 9 heteroatoms. The maximum Gasteiger partial charge on any atom is 0.326 e. The van der Waals surface area contributed by atoms with Gasteiger partial charge in [0.05, 0.1) is 6.04 Å². The molecule has 0 aromatic heterocycles. The maximum atomic E-state index is 12.4. The van der Waals surface area contributed by atoms with Crippen LogP contribution >= 0.6 is 0 Å². The molecule has 1 saturated heterocycles. The van der Waals surface area contributed by atoms with Gasteiger partial charge in [-0.05, 0) is 31.7 Å². The molecule has 0 unspecified atom stereocenters. The average Bonchev–Trinajstić information content (AvgIpc) is 3.01. The Morgan fingerprint density at radius 1 is 1.25 bits per heavy atom. The molecular formula is C15H26N4O5. The quantitative estimate of drug-likeness (QED) is 0.352. The van der Waals surface area contributed by atoms with E-state index in [2.05, 4.69) is 16.0 Å². The first-order chi connectivity index (χ1) is 11.2. The fourth-order valence-electron chi connectivity index (χ4n) is 2.50. The molecule has 3 atom stereocenters. The monoisotopic (exact) mass is 342 g/mol. The van der Waals surface area contributed by atoms with Crippen LogP contribution in [-0.4, -0.2) is 53.5 Å².